The summed E-state index contributed by atoms with van der Waals surface area (Å²) in [4.78, 5) is 11.2. The Bertz CT molecular complexity index is 630. The van der Waals surface area contributed by atoms with E-state index in [4.69, 9.17) is 15.2 Å². The van der Waals surface area contributed by atoms with Gasteiger partial charge in [0, 0.05) is 6.54 Å². The van der Waals surface area contributed by atoms with Gasteiger partial charge < -0.3 is 25.3 Å². The van der Waals surface area contributed by atoms with E-state index in [1.165, 1.54) is 0 Å². The number of aldehydes is 1. The molecular weight excluding hydrogens is 292 g/mol. The van der Waals surface area contributed by atoms with Crippen LogP contribution in [0.15, 0.2) is 54.6 Å². The van der Waals surface area contributed by atoms with Gasteiger partial charge in [0.2, 0.25) is 0 Å². The molecule has 3 atom stereocenters. The van der Waals surface area contributed by atoms with Gasteiger partial charge in [-0.05, 0) is 23.3 Å². The van der Waals surface area contributed by atoms with Crippen LogP contribution in [0.25, 0.3) is 0 Å². The van der Waals surface area contributed by atoms with Crippen molar-refractivity contribution in [1.29, 1.82) is 0 Å². The monoisotopic (exact) mass is 312 g/mol. The molecule has 1 saturated heterocycles. The van der Waals surface area contributed by atoms with E-state index in [2.05, 4.69) is 5.32 Å². The Morgan fingerprint density at radius 1 is 1.17 bits per heavy atom. The number of carbonyl (C=O) groups excluding carboxylic acids is 1. The fourth-order valence-electron chi connectivity index (χ4n) is 2.58. The second-order valence-corrected chi connectivity index (χ2v) is 5.51. The van der Waals surface area contributed by atoms with Crippen LogP contribution in [0, 0.1) is 0 Å². The summed E-state index contributed by atoms with van der Waals surface area (Å²) in [6.07, 6.45) is 0.0701. The van der Waals surface area contributed by atoms with Crippen molar-refractivity contribution in [3.63, 3.8) is 0 Å². The van der Waals surface area contributed by atoms with E-state index in [-0.39, 0.29) is 12.1 Å². The molecular formula is C18H20N2O3. The molecule has 0 bridgehead atoms. The first-order valence-electron chi connectivity index (χ1n) is 7.62. The Hall–Kier alpha value is -2.21. The van der Waals surface area contributed by atoms with Gasteiger partial charge in [0.25, 0.3) is 0 Å². The third-order valence-electron chi connectivity index (χ3n) is 3.81. The van der Waals surface area contributed by atoms with Crippen molar-refractivity contribution in [2.75, 3.05) is 6.54 Å². The molecule has 1 aliphatic heterocycles. The number of nitrogens with two attached hydrogens (primary N) is 1. The van der Waals surface area contributed by atoms with Gasteiger partial charge in [-0.3, -0.25) is 0 Å². The van der Waals surface area contributed by atoms with Crippen molar-refractivity contribution in [2.45, 2.75) is 25.0 Å². The number of morpholine rings is 1. The summed E-state index contributed by atoms with van der Waals surface area (Å²) in [5.41, 5.74) is 7.81. The van der Waals surface area contributed by atoms with E-state index in [9.17, 15) is 4.79 Å². The van der Waals surface area contributed by atoms with E-state index < -0.39 is 6.23 Å². The van der Waals surface area contributed by atoms with Crippen LogP contribution in [-0.2, 0) is 16.1 Å². The van der Waals surface area contributed by atoms with Gasteiger partial charge >= 0.3 is 0 Å². The molecule has 23 heavy (non-hydrogen) atoms. The molecule has 1 fully saturated rings. The number of hydrogen-bond donors (Lipinski definition) is 2. The van der Waals surface area contributed by atoms with E-state index in [1.54, 1.807) is 0 Å². The maximum atomic E-state index is 11.2. The van der Waals surface area contributed by atoms with Crippen LogP contribution in [-0.4, -0.2) is 25.1 Å². The summed E-state index contributed by atoms with van der Waals surface area (Å²) in [6, 6.07) is 17.2. The summed E-state index contributed by atoms with van der Waals surface area (Å²) < 4.78 is 11.4. The third kappa shape index (κ3) is 3.96. The van der Waals surface area contributed by atoms with Crippen molar-refractivity contribution in [3.8, 4) is 5.75 Å². The number of benzene rings is 2. The predicted octanol–water partition coefficient (Wildman–Crippen LogP) is 1.78. The van der Waals surface area contributed by atoms with Crippen molar-refractivity contribution in [1.82, 2.24) is 5.32 Å². The van der Waals surface area contributed by atoms with Gasteiger partial charge in [-0.1, -0.05) is 42.5 Å². The molecule has 0 radical (unpaired) electrons. The van der Waals surface area contributed by atoms with E-state index >= 15 is 0 Å². The van der Waals surface area contributed by atoms with Crippen molar-refractivity contribution in [2.24, 2.45) is 5.73 Å². The Morgan fingerprint density at radius 2 is 1.91 bits per heavy atom. The molecule has 120 valence electrons. The van der Waals surface area contributed by atoms with E-state index in [0.29, 0.717) is 13.2 Å². The normalized spacial score (nSPS) is 24.1. The molecule has 0 saturated carbocycles. The van der Waals surface area contributed by atoms with Crippen LogP contribution in [0.4, 0.5) is 0 Å². The second-order valence-electron chi connectivity index (χ2n) is 5.51. The fourth-order valence-corrected chi connectivity index (χ4v) is 2.58. The topological polar surface area (TPSA) is 73.6 Å². The molecule has 2 aromatic carbocycles. The highest BCUT2D eigenvalue weighted by Gasteiger charge is 2.30. The van der Waals surface area contributed by atoms with Crippen molar-refractivity contribution < 1.29 is 14.3 Å². The van der Waals surface area contributed by atoms with Crippen LogP contribution >= 0.6 is 0 Å². The SMILES string of the molecule is NC1CNC(C=O)C(c2ccc(OCc3ccccc3)cc2)O1. The minimum absolute atomic E-state index is 0.376. The lowest BCUT2D eigenvalue weighted by molar-refractivity contribution is -0.120. The Balaban J connectivity index is 1.65. The first-order chi connectivity index (χ1) is 11.3. The summed E-state index contributed by atoms with van der Waals surface area (Å²) in [6.45, 7) is 0.988. The molecule has 2 aromatic rings. The van der Waals surface area contributed by atoms with Gasteiger partial charge in [-0.15, -0.1) is 0 Å². The third-order valence-corrected chi connectivity index (χ3v) is 3.81. The highest BCUT2D eigenvalue weighted by atomic mass is 16.5. The highest BCUT2D eigenvalue weighted by Crippen LogP contribution is 2.26. The number of carbonyl (C=O) groups is 1. The molecule has 3 unspecified atom stereocenters. The first kappa shape index (κ1) is 15.7. The average molecular weight is 312 g/mol. The molecule has 0 amide bonds. The van der Waals surface area contributed by atoms with Gasteiger partial charge in [0.1, 0.15) is 31.0 Å². The van der Waals surface area contributed by atoms with Gasteiger partial charge in [0.05, 0.1) is 6.04 Å². The summed E-state index contributed by atoms with van der Waals surface area (Å²) in [7, 11) is 0. The standard InChI is InChI=1S/C18H20N2O3/c19-17-10-20-16(11-21)18(23-17)14-6-8-15(9-7-14)22-12-13-4-2-1-3-5-13/h1-9,11,16-18,20H,10,12,19H2. The van der Waals surface area contributed by atoms with Gasteiger partial charge in [-0.2, -0.15) is 0 Å². The van der Waals surface area contributed by atoms with Crippen LogP contribution in [0.2, 0.25) is 0 Å². The lowest BCUT2D eigenvalue weighted by Crippen LogP contribution is -2.52. The number of ether oxygens (including phenoxy) is 2. The quantitative estimate of drug-likeness (QED) is 0.823. The van der Waals surface area contributed by atoms with Crippen LogP contribution in [0.1, 0.15) is 17.2 Å². The zero-order chi connectivity index (χ0) is 16.1. The molecule has 0 aromatic heterocycles. The van der Waals surface area contributed by atoms with Crippen LogP contribution in [0.3, 0.4) is 0 Å². The summed E-state index contributed by atoms with van der Waals surface area (Å²) >= 11 is 0. The molecule has 0 spiro atoms. The zero-order valence-corrected chi connectivity index (χ0v) is 12.7. The average Bonchev–Trinajstić information content (AvgIpc) is 2.61. The lowest BCUT2D eigenvalue weighted by Gasteiger charge is -2.33. The molecule has 3 N–H and O–H groups in total. The predicted molar refractivity (Wildman–Crippen MR) is 86.9 cm³/mol. The Kier molecular flexibility index (Phi) is 5.02. The smallest absolute Gasteiger partial charge is 0.139 e. The molecule has 3 rings (SSSR count). The van der Waals surface area contributed by atoms with Crippen molar-refractivity contribution in [3.05, 3.63) is 65.7 Å². The Morgan fingerprint density at radius 3 is 2.61 bits per heavy atom. The van der Waals surface area contributed by atoms with Gasteiger partial charge in [-0.25, -0.2) is 0 Å². The minimum Gasteiger partial charge on any atom is -0.489 e. The van der Waals surface area contributed by atoms with Gasteiger partial charge in [0.15, 0.2) is 0 Å². The highest BCUT2D eigenvalue weighted by molar-refractivity contribution is 5.60. The second kappa shape index (κ2) is 7.37. The number of nitrogens with one attached hydrogen (secondary N) is 1. The van der Waals surface area contributed by atoms with Crippen LogP contribution < -0.4 is 15.8 Å². The zero-order valence-electron chi connectivity index (χ0n) is 12.7. The number of rotatable bonds is 5. The van der Waals surface area contributed by atoms with E-state index in [0.717, 1.165) is 23.2 Å². The lowest BCUT2D eigenvalue weighted by atomic mass is 10.0. The molecule has 1 aliphatic rings. The van der Waals surface area contributed by atoms with Crippen molar-refractivity contribution >= 4 is 6.29 Å². The van der Waals surface area contributed by atoms with E-state index in [1.807, 2.05) is 54.6 Å². The minimum atomic E-state index is -0.412. The van der Waals surface area contributed by atoms with Crippen LogP contribution in [0.5, 0.6) is 5.75 Å². The maximum Gasteiger partial charge on any atom is 0.139 e. The largest absolute Gasteiger partial charge is 0.489 e. The maximum absolute atomic E-state index is 11.2. The summed E-state index contributed by atoms with van der Waals surface area (Å²) in [5.74, 6) is 0.772. The number of hydrogen-bond acceptors (Lipinski definition) is 5. The molecule has 1 heterocycles. The fraction of sp³-hybridized carbons (Fsp3) is 0.278. The summed E-state index contributed by atoms with van der Waals surface area (Å²) in [5, 5.41) is 3.08. The molecule has 5 nitrogen and oxygen atoms in total. The first-order valence-corrected chi connectivity index (χ1v) is 7.62. The molecule has 5 heteroatoms. The molecule has 0 aliphatic carbocycles. The Labute approximate surface area is 135 Å².